The number of Topliss-reactive ketones (excluding diaryl/α,β-unsaturated/α-hetero) is 1. The van der Waals surface area contributed by atoms with E-state index in [2.05, 4.69) is 38.1 Å². The molecule has 0 unspecified atom stereocenters. The molecule has 1 aromatic carbocycles. The molecule has 1 aliphatic rings. The van der Waals surface area contributed by atoms with Crippen molar-refractivity contribution in [2.24, 2.45) is 5.92 Å². The lowest BCUT2D eigenvalue weighted by Gasteiger charge is -2.36. The largest absolute Gasteiger partial charge is 0.299 e. The smallest absolute Gasteiger partial charge is 0.143 e. The van der Waals surface area contributed by atoms with Crippen LogP contribution in [-0.2, 0) is 10.2 Å². The Balaban J connectivity index is 2.13. The van der Waals surface area contributed by atoms with Crippen molar-refractivity contribution >= 4 is 5.78 Å². The van der Waals surface area contributed by atoms with Gasteiger partial charge in [-0.1, -0.05) is 69.9 Å². The standard InChI is InChI=1S/C19H28O/c1-16(2)10-9-13-18(20)19(14-7-4-8-15-19)17-11-5-3-6-12-17/h3,5-6,11-12,16H,4,7-10,13-15H2,1-2H3. The number of carbonyl (C=O) groups excluding carboxylic acids is 1. The Morgan fingerprint density at radius 3 is 2.35 bits per heavy atom. The molecule has 1 heteroatoms. The Kier molecular flexibility index (Phi) is 5.39. The summed E-state index contributed by atoms with van der Waals surface area (Å²) in [5.74, 6) is 1.19. The van der Waals surface area contributed by atoms with Crippen LogP contribution >= 0.6 is 0 Å². The molecule has 0 atom stereocenters. The van der Waals surface area contributed by atoms with Crippen molar-refractivity contribution in [2.45, 2.75) is 70.6 Å². The van der Waals surface area contributed by atoms with E-state index in [-0.39, 0.29) is 5.41 Å². The summed E-state index contributed by atoms with van der Waals surface area (Å²) in [5, 5.41) is 0. The fourth-order valence-corrected chi connectivity index (χ4v) is 3.55. The fourth-order valence-electron chi connectivity index (χ4n) is 3.55. The maximum absolute atomic E-state index is 12.9. The first-order valence-electron chi connectivity index (χ1n) is 8.24. The molecule has 0 aromatic heterocycles. The van der Waals surface area contributed by atoms with Crippen molar-refractivity contribution in [3.63, 3.8) is 0 Å². The third-order valence-corrected chi connectivity index (χ3v) is 4.75. The van der Waals surface area contributed by atoms with Gasteiger partial charge >= 0.3 is 0 Å². The van der Waals surface area contributed by atoms with Crippen molar-refractivity contribution in [1.82, 2.24) is 0 Å². The molecule has 0 radical (unpaired) electrons. The van der Waals surface area contributed by atoms with Crippen molar-refractivity contribution < 1.29 is 4.79 Å². The van der Waals surface area contributed by atoms with Gasteiger partial charge in [-0.05, 0) is 30.7 Å². The van der Waals surface area contributed by atoms with Crippen LogP contribution in [0.25, 0.3) is 0 Å². The van der Waals surface area contributed by atoms with E-state index in [1.165, 1.54) is 24.8 Å². The molecule has 20 heavy (non-hydrogen) atoms. The summed E-state index contributed by atoms with van der Waals surface area (Å²) in [7, 11) is 0. The summed E-state index contributed by atoms with van der Waals surface area (Å²) in [6, 6.07) is 10.5. The monoisotopic (exact) mass is 272 g/mol. The average molecular weight is 272 g/mol. The van der Waals surface area contributed by atoms with Crippen molar-refractivity contribution in [1.29, 1.82) is 0 Å². The molecule has 1 nitrogen and oxygen atoms in total. The predicted molar refractivity (Wildman–Crippen MR) is 84.9 cm³/mol. The van der Waals surface area contributed by atoms with E-state index in [1.807, 2.05) is 6.07 Å². The molecule has 1 saturated carbocycles. The zero-order valence-corrected chi connectivity index (χ0v) is 13.0. The lowest BCUT2D eigenvalue weighted by molar-refractivity contribution is -0.126. The Hall–Kier alpha value is -1.11. The van der Waals surface area contributed by atoms with Gasteiger partial charge in [0.1, 0.15) is 5.78 Å². The van der Waals surface area contributed by atoms with E-state index in [1.54, 1.807) is 0 Å². The first-order valence-corrected chi connectivity index (χ1v) is 8.24. The second-order valence-corrected chi connectivity index (χ2v) is 6.72. The molecule has 0 aliphatic heterocycles. The zero-order chi connectivity index (χ0) is 14.4. The summed E-state index contributed by atoms with van der Waals surface area (Å²) in [4.78, 5) is 12.9. The number of carbonyl (C=O) groups is 1. The Morgan fingerprint density at radius 2 is 1.75 bits per heavy atom. The van der Waals surface area contributed by atoms with Gasteiger partial charge in [0, 0.05) is 6.42 Å². The maximum atomic E-state index is 12.9. The minimum Gasteiger partial charge on any atom is -0.299 e. The third-order valence-electron chi connectivity index (χ3n) is 4.75. The molecule has 2 rings (SSSR count). The van der Waals surface area contributed by atoms with Gasteiger partial charge < -0.3 is 0 Å². The summed E-state index contributed by atoms with van der Waals surface area (Å²) < 4.78 is 0. The van der Waals surface area contributed by atoms with Crippen LogP contribution < -0.4 is 0 Å². The summed E-state index contributed by atoms with van der Waals surface area (Å²) in [6.07, 6.45) is 8.76. The van der Waals surface area contributed by atoms with Gasteiger partial charge in [0.25, 0.3) is 0 Å². The highest BCUT2D eigenvalue weighted by atomic mass is 16.1. The van der Waals surface area contributed by atoms with Crippen molar-refractivity contribution in [3.05, 3.63) is 35.9 Å². The minimum atomic E-state index is -0.170. The van der Waals surface area contributed by atoms with Crippen LogP contribution in [0.4, 0.5) is 0 Å². The van der Waals surface area contributed by atoms with Crippen LogP contribution in [0.1, 0.15) is 70.8 Å². The second kappa shape index (κ2) is 7.06. The van der Waals surface area contributed by atoms with Gasteiger partial charge in [0.05, 0.1) is 5.41 Å². The van der Waals surface area contributed by atoms with Crippen LogP contribution in [0.3, 0.4) is 0 Å². The topological polar surface area (TPSA) is 17.1 Å². The van der Waals surface area contributed by atoms with Gasteiger partial charge in [0.2, 0.25) is 0 Å². The molecule has 110 valence electrons. The predicted octanol–water partition coefficient (Wildman–Crippen LogP) is 5.28. The van der Waals surface area contributed by atoms with Gasteiger partial charge in [0.15, 0.2) is 0 Å². The Labute approximate surface area is 123 Å². The lowest BCUT2D eigenvalue weighted by atomic mass is 9.66. The third kappa shape index (κ3) is 3.50. The van der Waals surface area contributed by atoms with E-state index < -0.39 is 0 Å². The second-order valence-electron chi connectivity index (χ2n) is 6.72. The molecular weight excluding hydrogens is 244 g/mol. The molecule has 0 amide bonds. The molecule has 0 saturated heterocycles. The summed E-state index contributed by atoms with van der Waals surface area (Å²) in [6.45, 7) is 4.47. The van der Waals surface area contributed by atoms with Crippen LogP contribution in [-0.4, -0.2) is 5.78 Å². The van der Waals surface area contributed by atoms with Gasteiger partial charge in [-0.3, -0.25) is 4.79 Å². The van der Waals surface area contributed by atoms with E-state index >= 15 is 0 Å². The quantitative estimate of drug-likeness (QED) is 0.688. The number of benzene rings is 1. The molecule has 0 bridgehead atoms. The average Bonchev–Trinajstić information content (AvgIpc) is 2.48. The van der Waals surface area contributed by atoms with Gasteiger partial charge in [-0.2, -0.15) is 0 Å². The van der Waals surface area contributed by atoms with Gasteiger partial charge in [-0.25, -0.2) is 0 Å². The van der Waals surface area contributed by atoms with E-state index in [4.69, 9.17) is 0 Å². The van der Waals surface area contributed by atoms with E-state index in [0.29, 0.717) is 11.7 Å². The minimum absolute atomic E-state index is 0.170. The normalized spacial score (nSPS) is 18.1. The number of hydrogen-bond acceptors (Lipinski definition) is 1. The van der Waals surface area contributed by atoms with Crippen LogP contribution in [0, 0.1) is 5.92 Å². The van der Waals surface area contributed by atoms with Crippen LogP contribution in [0.15, 0.2) is 30.3 Å². The van der Waals surface area contributed by atoms with Gasteiger partial charge in [-0.15, -0.1) is 0 Å². The van der Waals surface area contributed by atoms with E-state index in [9.17, 15) is 4.79 Å². The fraction of sp³-hybridized carbons (Fsp3) is 0.632. The highest BCUT2D eigenvalue weighted by Crippen LogP contribution is 2.41. The highest BCUT2D eigenvalue weighted by molar-refractivity contribution is 5.90. The van der Waals surface area contributed by atoms with Crippen LogP contribution in [0.5, 0.6) is 0 Å². The molecule has 0 heterocycles. The maximum Gasteiger partial charge on any atom is 0.143 e. The van der Waals surface area contributed by atoms with Crippen LogP contribution in [0.2, 0.25) is 0 Å². The number of ketones is 1. The Bertz CT molecular complexity index is 413. The Morgan fingerprint density at radius 1 is 1.10 bits per heavy atom. The molecule has 1 aliphatic carbocycles. The van der Waals surface area contributed by atoms with Crippen molar-refractivity contribution in [3.8, 4) is 0 Å². The molecular formula is C19H28O. The van der Waals surface area contributed by atoms with Crippen molar-refractivity contribution in [2.75, 3.05) is 0 Å². The summed E-state index contributed by atoms with van der Waals surface area (Å²) >= 11 is 0. The first kappa shape index (κ1) is 15.3. The molecule has 0 spiro atoms. The number of rotatable bonds is 6. The molecule has 1 fully saturated rings. The highest BCUT2D eigenvalue weighted by Gasteiger charge is 2.39. The molecule has 1 aromatic rings. The first-order chi connectivity index (χ1) is 9.65. The lowest BCUT2D eigenvalue weighted by Crippen LogP contribution is -2.38. The molecule has 0 N–H and O–H groups in total. The zero-order valence-electron chi connectivity index (χ0n) is 13.0. The van der Waals surface area contributed by atoms with E-state index in [0.717, 1.165) is 32.1 Å². The SMILES string of the molecule is CC(C)CCCC(=O)C1(c2ccccc2)CCCCC1. The summed E-state index contributed by atoms with van der Waals surface area (Å²) in [5.41, 5.74) is 1.09. The number of hydrogen-bond donors (Lipinski definition) is 0.